The quantitative estimate of drug-likeness (QED) is 0.379. The summed E-state index contributed by atoms with van der Waals surface area (Å²) in [6, 6.07) is 11.3. The Kier molecular flexibility index (Phi) is 8.31. The summed E-state index contributed by atoms with van der Waals surface area (Å²) in [6.07, 6.45) is 1.40. The number of fused-ring (bicyclic) bond motifs is 1. The monoisotopic (exact) mass is 502 g/mol. The summed E-state index contributed by atoms with van der Waals surface area (Å²) in [5, 5.41) is 3.87. The molecule has 1 aliphatic rings. The van der Waals surface area contributed by atoms with Gasteiger partial charge in [0.05, 0.1) is 10.9 Å². The standard InChI is InChI=1S/C25H27FN2O4S2/c1-31-12-4-10-27(25(30)23-7-3-13-33-23)16-24(29)28-11-8-22-20(9-14-34-22)21(28)17-32-19-6-2-5-18(26)15-19/h2-3,5-7,9,13-15,21H,4,8,10-12,16-17H2,1H3/t21-/m1/s1. The minimum absolute atomic E-state index is 0.0175. The van der Waals surface area contributed by atoms with Gasteiger partial charge in [0.2, 0.25) is 5.91 Å². The first-order valence-electron chi connectivity index (χ1n) is 11.1. The topological polar surface area (TPSA) is 59.1 Å². The molecule has 0 spiro atoms. The summed E-state index contributed by atoms with van der Waals surface area (Å²) in [6.45, 7) is 1.67. The number of amides is 2. The zero-order valence-corrected chi connectivity index (χ0v) is 20.6. The van der Waals surface area contributed by atoms with Gasteiger partial charge in [-0.1, -0.05) is 12.1 Å². The van der Waals surface area contributed by atoms with E-state index in [0.717, 1.165) is 12.0 Å². The highest BCUT2D eigenvalue weighted by Gasteiger charge is 2.33. The molecule has 0 fully saturated rings. The highest BCUT2D eigenvalue weighted by Crippen LogP contribution is 2.34. The molecule has 2 aromatic heterocycles. The minimum atomic E-state index is -0.371. The summed E-state index contributed by atoms with van der Waals surface area (Å²) in [5.41, 5.74) is 1.05. The van der Waals surface area contributed by atoms with E-state index in [-0.39, 0.29) is 36.8 Å². The molecule has 0 saturated heterocycles. The number of benzene rings is 1. The maximum Gasteiger partial charge on any atom is 0.264 e. The molecule has 3 heterocycles. The number of methoxy groups -OCH3 is 1. The molecular weight excluding hydrogens is 475 g/mol. The predicted molar refractivity (Wildman–Crippen MR) is 131 cm³/mol. The lowest BCUT2D eigenvalue weighted by molar-refractivity contribution is -0.135. The van der Waals surface area contributed by atoms with Crippen LogP contribution in [-0.4, -0.2) is 61.6 Å². The molecule has 0 saturated carbocycles. The Bertz CT molecular complexity index is 1100. The summed E-state index contributed by atoms with van der Waals surface area (Å²) >= 11 is 3.03. The fourth-order valence-corrected chi connectivity index (χ4v) is 5.69. The van der Waals surface area contributed by atoms with Gasteiger partial charge in [0.15, 0.2) is 0 Å². The van der Waals surface area contributed by atoms with Gasteiger partial charge in [-0.05, 0) is 53.4 Å². The zero-order chi connectivity index (χ0) is 23.9. The van der Waals surface area contributed by atoms with Crippen LogP contribution < -0.4 is 4.74 Å². The molecule has 3 aromatic rings. The van der Waals surface area contributed by atoms with E-state index < -0.39 is 0 Å². The van der Waals surface area contributed by atoms with Crippen LogP contribution in [0.1, 0.15) is 32.6 Å². The van der Waals surface area contributed by atoms with Crippen LogP contribution in [0.15, 0.2) is 53.2 Å². The van der Waals surface area contributed by atoms with Crippen molar-refractivity contribution in [2.24, 2.45) is 0 Å². The summed E-state index contributed by atoms with van der Waals surface area (Å²) in [7, 11) is 1.62. The second kappa shape index (κ2) is 11.6. The van der Waals surface area contributed by atoms with Gasteiger partial charge in [-0.25, -0.2) is 4.39 Å². The van der Waals surface area contributed by atoms with Crippen molar-refractivity contribution in [2.75, 3.05) is 40.0 Å². The zero-order valence-electron chi connectivity index (χ0n) is 18.9. The number of ether oxygens (including phenoxy) is 2. The molecule has 1 atom stereocenters. The lowest BCUT2D eigenvalue weighted by atomic mass is 10.0. The van der Waals surface area contributed by atoms with Crippen LogP contribution in [0.4, 0.5) is 4.39 Å². The van der Waals surface area contributed by atoms with E-state index in [1.54, 1.807) is 46.4 Å². The van der Waals surface area contributed by atoms with Gasteiger partial charge in [0, 0.05) is 37.7 Å². The van der Waals surface area contributed by atoms with E-state index in [0.29, 0.717) is 36.7 Å². The number of nitrogens with zero attached hydrogens (tertiary/aromatic N) is 2. The van der Waals surface area contributed by atoms with E-state index in [1.165, 1.54) is 28.3 Å². The Labute approximate surface area is 206 Å². The maximum absolute atomic E-state index is 13.6. The Morgan fingerprint density at radius 2 is 2.06 bits per heavy atom. The van der Waals surface area contributed by atoms with Crippen molar-refractivity contribution in [3.63, 3.8) is 0 Å². The number of hydrogen-bond acceptors (Lipinski definition) is 6. The summed E-state index contributed by atoms with van der Waals surface area (Å²) < 4.78 is 24.6. The Morgan fingerprint density at radius 1 is 1.18 bits per heavy atom. The third-order valence-corrected chi connectivity index (χ3v) is 7.60. The number of hydrogen-bond donors (Lipinski definition) is 0. The molecule has 4 rings (SSSR count). The highest BCUT2D eigenvalue weighted by molar-refractivity contribution is 7.12. The van der Waals surface area contributed by atoms with Gasteiger partial charge in [-0.2, -0.15) is 0 Å². The molecule has 1 aromatic carbocycles. The van der Waals surface area contributed by atoms with Crippen LogP contribution in [0.3, 0.4) is 0 Å². The van der Waals surface area contributed by atoms with Crippen LogP contribution in [0, 0.1) is 5.82 Å². The van der Waals surface area contributed by atoms with Gasteiger partial charge in [-0.15, -0.1) is 22.7 Å². The Balaban J connectivity index is 1.50. The Morgan fingerprint density at radius 3 is 2.82 bits per heavy atom. The molecule has 34 heavy (non-hydrogen) atoms. The number of carbonyl (C=O) groups excluding carboxylic acids is 2. The minimum Gasteiger partial charge on any atom is -0.491 e. The predicted octanol–water partition coefficient (Wildman–Crippen LogP) is 4.63. The Hall–Kier alpha value is -2.75. The first-order chi connectivity index (χ1) is 16.6. The van der Waals surface area contributed by atoms with Crippen LogP contribution in [0.5, 0.6) is 5.75 Å². The van der Waals surface area contributed by atoms with Crippen molar-refractivity contribution in [3.05, 3.63) is 74.4 Å². The highest BCUT2D eigenvalue weighted by atomic mass is 32.1. The van der Waals surface area contributed by atoms with Gasteiger partial charge < -0.3 is 19.3 Å². The fourth-order valence-electron chi connectivity index (χ4n) is 4.07. The number of halogens is 1. The molecule has 0 unspecified atom stereocenters. The van der Waals surface area contributed by atoms with Crippen LogP contribution >= 0.6 is 22.7 Å². The van der Waals surface area contributed by atoms with Crippen molar-refractivity contribution < 1.29 is 23.5 Å². The van der Waals surface area contributed by atoms with Crippen LogP contribution in [-0.2, 0) is 16.0 Å². The molecule has 1 aliphatic heterocycles. The third kappa shape index (κ3) is 5.84. The largest absolute Gasteiger partial charge is 0.491 e. The lowest BCUT2D eigenvalue weighted by Crippen LogP contribution is -2.48. The van der Waals surface area contributed by atoms with Gasteiger partial charge in [-0.3, -0.25) is 9.59 Å². The van der Waals surface area contributed by atoms with E-state index in [2.05, 4.69) is 0 Å². The smallest absolute Gasteiger partial charge is 0.264 e. The second-order valence-corrected chi connectivity index (χ2v) is 9.92. The summed E-state index contributed by atoms with van der Waals surface area (Å²) in [4.78, 5) is 31.8. The van der Waals surface area contributed by atoms with Gasteiger partial charge in [0.1, 0.15) is 24.7 Å². The van der Waals surface area contributed by atoms with Crippen molar-refractivity contribution >= 4 is 34.5 Å². The average molecular weight is 503 g/mol. The average Bonchev–Trinajstić information content (AvgIpc) is 3.54. The van der Waals surface area contributed by atoms with E-state index in [1.807, 2.05) is 22.9 Å². The molecule has 0 bridgehead atoms. The van der Waals surface area contributed by atoms with Crippen molar-refractivity contribution in [1.29, 1.82) is 0 Å². The molecule has 0 N–H and O–H groups in total. The first-order valence-corrected chi connectivity index (χ1v) is 12.9. The molecular formula is C25H27FN2O4S2. The van der Waals surface area contributed by atoms with Crippen molar-refractivity contribution in [3.8, 4) is 5.75 Å². The SMILES string of the molecule is COCCCN(CC(=O)N1CCc2sccc2[C@H]1COc1cccc(F)c1)C(=O)c1cccs1. The summed E-state index contributed by atoms with van der Waals surface area (Å²) in [5.74, 6) is -0.236. The first kappa shape index (κ1) is 24.4. The number of rotatable bonds is 10. The molecule has 9 heteroatoms. The van der Waals surface area contributed by atoms with Crippen LogP contribution in [0.2, 0.25) is 0 Å². The number of thiophene rings is 2. The lowest BCUT2D eigenvalue weighted by Gasteiger charge is -2.37. The van der Waals surface area contributed by atoms with E-state index in [9.17, 15) is 14.0 Å². The van der Waals surface area contributed by atoms with Gasteiger partial charge >= 0.3 is 0 Å². The number of carbonyl (C=O) groups is 2. The molecule has 6 nitrogen and oxygen atoms in total. The maximum atomic E-state index is 13.6. The molecule has 0 radical (unpaired) electrons. The van der Waals surface area contributed by atoms with E-state index in [4.69, 9.17) is 9.47 Å². The van der Waals surface area contributed by atoms with Crippen LogP contribution in [0.25, 0.3) is 0 Å². The second-order valence-electron chi connectivity index (χ2n) is 7.97. The van der Waals surface area contributed by atoms with Crippen molar-refractivity contribution in [1.82, 2.24) is 9.80 Å². The normalized spacial score (nSPS) is 15.1. The molecule has 0 aliphatic carbocycles. The third-order valence-electron chi connectivity index (χ3n) is 5.74. The molecule has 2 amide bonds. The van der Waals surface area contributed by atoms with Gasteiger partial charge in [0.25, 0.3) is 5.91 Å². The molecule has 180 valence electrons. The van der Waals surface area contributed by atoms with Crippen molar-refractivity contribution in [2.45, 2.75) is 18.9 Å². The fraction of sp³-hybridized carbons (Fsp3) is 0.360. The van der Waals surface area contributed by atoms with E-state index >= 15 is 0 Å².